The molecule has 0 unspecified atom stereocenters. The van der Waals surface area contributed by atoms with E-state index in [4.69, 9.17) is 24.9 Å². The zero-order chi connectivity index (χ0) is 20.4. The molecular formula is C19H30N4O5. The van der Waals surface area contributed by atoms with E-state index in [1.54, 1.807) is 0 Å². The van der Waals surface area contributed by atoms with E-state index in [0.717, 1.165) is 45.3 Å². The largest absolute Gasteiger partial charge is 0.473 e. The number of aliphatic hydroxyl groups is 1. The molecule has 2 saturated heterocycles. The standard InChI is InChI=1S/C17H28N4O.C2H2O4/c22-14-13-19-9-11-21(12-10-19)17-4-7-20(8-5-17)15-16-3-1-2-6-18-16;3-1(4)2(5)6/h1-3,6,17,22H,4-5,7-15H2;(H,3,4)(H,5,6). The number of carbonyl (C=O) groups is 2. The first-order valence-electron chi connectivity index (χ1n) is 9.65. The van der Waals surface area contributed by atoms with E-state index in [2.05, 4.69) is 31.8 Å². The number of β-amino-alcohol motifs (C(OH)–C–C–N with tert-alkyl or cyclic N) is 1. The number of likely N-dealkylation sites (tertiary alicyclic amines) is 1. The van der Waals surface area contributed by atoms with Gasteiger partial charge >= 0.3 is 11.9 Å². The van der Waals surface area contributed by atoms with E-state index in [9.17, 15) is 0 Å². The fourth-order valence-corrected chi connectivity index (χ4v) is 3.66. The van der Waals surface area contributed by atoms with Gasteiger partial charge in [0.1, 0.15) is 0 Å². The molecule has 0 radical (unpaired) electrons. The number of piperidine rings is 1. The second-order valence-corrected chi connectivity index (χ2v) is 7.04. The Balaban J connectivity index is 0.000000409. The van der Waals surface area contributed by atoms with Crippen molar-refractivity contribution in [3.8, 4) is 0 Å². The SMILES string of the molecule is O=C(O)C(=O)O.OCCN1CCN(C2CCN(Cc3ccccn3)CC2)CC1. The van der Waals surface area contributed by atoms with Gasteiger partial charge < -0.3 is 15.3 Å². The summed E-state index contributed by atoms with van der Waals surface area (Å²) in [6, 6.07) is 6.91. The highest BCUT2D eigenvalue weighted by Gasteiger charge is 2.27. The number of piperazine rings is 1. The maximum absolute atomic E-state index is 9.10. The molecule has 3 N–H and O–H groups in total. The molecule has 0 amide bonds. The van der Waals surface area contributed by atoms with Gasteiger partial charge in [0.15, 0.2) is 0 Å². The first kappa shape index (κ1) is 22.2. The van der Waals surface area contributed by atoms with Crippen LogP contribution >= 0.6 is 0 Å². The van der Waals surface area contributed by atoms with Crippen LogP contribution in [-0.4, -0.2) is 105 Å². The second kappa shape index (κ2) is 11.7. The van der Waals surface area contributed by atoms with Crippen LogP contribution in [0.15, 0.2) is 24.4 Å². The first-order valence-corrected chi connectivity index (χ1v) is 9.65. The van der Waals surface area contributed by atoms with Crippen molar-refractivity contribution in [2.24, 2.45) is 0 Å². The summed E-state index contributed by atoms with van der Waals surface area (Å²) in [5.74, 6) is -3.65. The third kappa shape index (κ3) is 7.51. The minimum atomic E-state index is -1.82. The number of carboxylic acid groups (broad SMARTS) is 2. The number of rotatable bonds is 5. The Morgan fingerprint density at radius 2 is 1.61 bits per heavy atom. The molecule has 3 heterocycles. The Kier molecular flexibility index (Phi) is 9.29. The number of aromatic nitrogens is 1. The number of pyridine rings is 1. The van der Waals surface area contributed by atoms with Crippen LogP contribution in [0.4, 0.5) is 0 Å². The van der Waals surface area contributed by atoms with Gasteiger partial charge in [0.05, 0.1) is 12.3 Å². The van der Waals surface area contributed by atoms with Gasteiger partial charge in [0.2, 0.25) is 0 Å². The fraction of sp³-hybridized carbons (Fsp3) is 0.632. The third-order valence-corrected chi connectivity index (χ3v) is 5.19. The summed E-state index contributed by atoms with van der Waals surface area (Å²) in [4.78, 5) is 30.2. The minimum absolute atomic E-state index is 0.284. The Labute approximate surface area is 165 Å². The molecule has 0 bridgehead atoms. The maximum Gasteiger partial charge on any atom is 0.414 e. The van der Waals surface area contributed by atoms with Gasteiger partial charge in [-0.2, -0.15) is 0 Å². The van der Waals surface area contributed by atoms with Gasteiger partial charge in [-0.05, 0) is 25.0 Å². The number of nitrogens with zero attached hydrogens (tertiary/aromatic N) is 4. The van der Waals surface area contributed by atoms with Gasteiger partial charge in [0, 0.05) is 64.6 Å². The molecule has 0 atom stereocenters. The van der Waals surface area contributed by atoms with Crippen LogP contribution in [0.3, 0.4) is 0 Å². The lowest BCUT2D eigenvalue weighted by atomic mass is 10.0. The van der Waals surface area contributed by atoms with Gasteiger partial charge in [-0.25, -0.2) is 9.59 Å². The molecule has 2 fully saturated rings. The lowest BCUT2D eigenvalue weighted by Gasteiger charge is -2.42. The van der Waals surface area contributed by atoms with Gasteiger partial charge in [-0.3, -0.25) is 19.7 Å². The summed E-state index contributed by atoms with van der Waals surface area (Å²) in [5.41, 5.74) is 1.18. The van der Waals surface area contributed by atoms with Crippen molar-refractivity contribution < 1.29 is 24.9 Å². The summed E-state index contributed by atoms with van der Waals surface area (Å²) in [7, 11) is 0. The monoisotopic (exact) mass is 394 g/mol. The molecular weight excluding hydrogens is 364 g/mol. The van der Waals surface area contributed by atoms with E-state index in [0.29, 0.717) is 0 Å². The number of carboxylic acids is 2. The van der Waals surface area contributed by atoms with E-state index < -0.39 is 11.9 Å². The molecule has 1 aromatic heterocycles. The van der Waals surface area contributed by atoms with Crippen LogP contribution in [-0.2, 0) is 16.1 Å². The van der Waals surface area contributed by atoms with Crippen LogP contribution in [0, 0.1) is 0 Å². The predicted molar refractivity (Wildman–Crippen MR) is 103 cm³/mol. The summed E-state index contributed by atoms with van der Waals surface area (Å²) < 4.78 is 0. The van der Waals surface area contributed by atoms with E-state index in [1.165, 1.54) is 31.6 Å². The molecule has 0 saturated carbocycles. The number of aliphatic hydroxyl groups excluding tert-OH is 1. The molecule has 0 aromatic carbocycles. The Hall–Kier alpha value is -2.07. The van der Waals surface area contributed by atoms with Crippen molar-refractivity contribution in [3.63, 3.8) is 0 Å². The Morgan fingerprint density at radius 3 is 2.11 bits per heavy atom. The molecule has 9 nitrogen and oxygen atoms in total. The molecule has 2 aliphatic rings. The van der Waals surface area contributed by atoms with Crippen LogP contribution < -0.4 is 0 Å². The van der Waals surface area contributed by atoms with Crippen molar-refractivity contribution in [1.29, 1.82) is 0 Å². The smallest absolute Gasteiger partial charge is 0.414 e. The van der Waals surface area contributed by atoms with E-state index in [1.807, 2.05) is 12.3 Å². The Bertz CT molecular complexity index is 588. The van der Waals surface area contributed by atoms with E-state index in [-0.39, 0.29) is 6.61 Å². The van der Waals surface area contributed by atoms with Crippen LogP contribution in [0.25, 0.3) is 0 Å². The summed E-state index contributed by atoms with van der Waals surface area (Å²) in [6.07, 6.45) is 4.42. The number of aliphatic carboxylic acids is 2. The molecule has 156 valence electrons. The zero-order valence-corrected chi connectivity index (χ0v) is 16.1. The van der Waals surface area contributed by atoms with E-state index >= 15 is 0 Å². The molecule has 9 heteroatoms. The van der Waals surface area contributed by atoms with Crippen LogP contribution in [0.2, 0.25) is 0 Å². The summed E-state index contributed by atoms with van der Waals surface area (Å²) in [6.45, 7) is 8.98. The zero-order valence-electron chi connectivity index (χ0n) is 16.1. The van der Waals surface area contributed by atoms with Crippen LogP contribution in [0.5, 0.6) is 0 Å². The highest BCUT2D eigenvalue weighted by molar-refractivity contribution is 6.27. The molecule has 1 aromatic rings. The highest BCUT2D eigenvalue weighted by atomic mass is 16.4. The highest BCUT2D eigenvalue weighted by Crippen LogP contribution is 2.19. The van der Waals surface area contributed by atoms with Crippen LogP contribution in [0.1, 0.15) is 18.5 Å². The van der Waals surface area contributed by atoms with Crippen molar-refractivity contribution in [1.82, 2.24) is 19.7 Å². The maximum atomic E-state index is 9.10. The Morgan fingerprint density at radius 1 is 0.964 bits per heavy atom. The molecule has 0 spiro atoms. The lowest BCUT2D eigenvalue weighted by Crippen LogP contribution is -2.53. The third-order valence-electron chi connectivity index (χ3n) is 5.19. The quantitative estimate of drug-likeness (QED) is 0.584. The molecule has 0 aliphatic carbocycles. The summed E-state index contributed by atoms with van der Waals surface area (Å²) >= 11 is 0. The molecule has 3 rings (SSSR count). The van der Waals surface area contributed by atoms with Gasteiger partial charge in [-0.1, -0.05) is 6.07 Å². The van der Waals surface area contributed by atoms with Gasteiger partial charge in [0.25, 0.3) is 0 Å². The second-order valence-electron chi connectivity index (χ2n) is 7.04. The fourth-order valence-electron chi connectivity index (χ4n) is 3.66. The summed E-state index contributed by atoms with van der Waals surface area (Å²) in [5, 5.41) is 23.8. The predicted octanol–water partition coefficient (Wildman–Crippen LogP) is -0.188. The number of hydrogen-bond acceptors (Lipinski definition) is 7. The average Bonchev–Trinajstić information content (AvgIpc) is 2.71. The van der Waals surface area contributed by atoms with Crippen molar-refractivity contribution in [2.45, 2.75) is 25.4 Å². The van der Waals surface area contributed by atoms with Crippen molar-refractivity contribution in [2.75, 3.05) is 52.4 Å². The first-order chi connectivity index (χ1) is 13.5. The lowest BCUT2D eigenvalue weighted by molar-refractivity contribution is -0.159. The normalized spacial score (nSPS) is 19.6. The topological polar surface area (TPSA) is 117 Å². The number of hydrogen-bond donors (Lipinski definition) is 3. The van der Waals surface area contributed by atoms with Gasteiger partial charge in [-0.15, -0.1) is 0 Å². The van der Waals surface area contributed by atoms with Crippen molar-refractivity contribution in [3.05, 3.63) is 30.1 Å². The minimum Gasteiger partial charge on any atom is -0.473 e. The molecule has 28 heavy (non-hydrogen) atoms. The average molecular weight is 394 g/mol. The van der Waals surface area contributed by atoms with Crippen molar-refractivity contribution >= 4 is 11.9 Å². The molecule has 2 aliphatic heterocycles.